The number of esters is 1. The zero-order valence-electron chi connectivity index (χ0n) is 12.9. The van der Waals surface area contributed by atoms with Crippen molar-refractivity contribution >= 4 is 23.5 Å². The molecule has 0 saturated carbocycles. The molecule has 118 valence electrons. The number of hydrogen-bond acceptors (Lipinski definition) is 4. The first-order valence-electron chi connectivity index (χ1n) is 6.90. The molecule has 0 aliphatic carbocycles. The van der Waals surface area contributed by atoms with Crippen LogP contribution < -0.4 is 5.32 Å². The first kappa shape index (κ1) is 18.0. The van der Waals surface area contributed by atoms with Crippen LogP contribution in [0.2, 0.25) is 5.02 Å². The Kier molecular flexibility index (Phi) is 6.39. The van der Waals surface area contributed by atoms with Gasteiger partial charge in [0.1, 0.15) is 5.54 Å². The number of nitrogens with one attached hydrogen (secondary N) is 1. The van der Waals surface area contributed by atoms with Crippen LogP contribution in [0.25, 0.3) is 0 Å². The summed E-state index contributed by atoms with van der Waals surface area (Å²) in [7, 11) is 0. The van der Waals surface area contributed by atoms with Crippen LogP contribution in [-0.4, -0.2) is 24.0 Å². The van der Waals surface area contributed by atoms with Gasteiger partial charge in [-0.2, -0.15) is 5.26 Å². The van der Waals surface area contributed by atoms with Crippen molar-refractivity contribution in [3.63, 3.8) is 0 Å². The molecular weight excluding hydrogens is 304 g/mol. The number of hydrogen-bond donors (Lipinski definition) is 1. The molecule has 0 heterocycles. The summed E-state index contributed by atoms with van der Waals surface area (Å²) in [5, 5.41) is 12.2. The van der Waals surface area contributed by atoms with Gasteiger partial charge in [0.25, 0.3) is 5.91 Å². The van der Waals surface area contributed by atoms with Crippen LogP contribution in [0.4, 0.5) is 0 Å². The van der Waals surface area contributed by atoms with Gasteiger partial charge in [-0.3, -0.25) is 9.59 Å². The minimum absolute atomic E-state index is 0.00729. The van der Waals surface area contributed by atoms with E-state index in [4.69, 9.17) is 21.6 Å². The van der Waals surface area contributed by atoms with Crippen molar-refractivity contribution < 1.29 is 14.3 Å². The van der Waals surface area contributed by atoms with Gasteiger partial charge in [-0.1, -0.05) is 43.6 Å². The molecule has 5 nitrogen and oxygen atoms in total. The van der Waals surface area contributed by atoms with Crippen LogP contribution in [0.3, 0.4) is 0 Å². The van der Waals surface area contributed by atoms with E-state index in [0.29, 0.717) is 10.6 Å². The first-order chi connectivity index (χ1) is 10.3. The second kappa shape index (κ2) is 7.81. The summed E-state index contributed by atoms with van der Waals surface area (Å²) in [5.74, 6) is -1.13. The Morgan fingerprint density at radius 2 is 2.05 bits per heavy atom. The lowest BCUT2D eigenvalue weighted by Crippen LogP contribution is -2.50. The van der Waals surface area contributed by atoms with Gasteiger partial charge in [0.05, 0.1) is 12.5 Å². The standard InChI is InChI=1S/C16H19ClN2O3/c1-11(2)16(3,10-18)19-14(20)9-22-15(21)8-12-6-4-5-7-13(12)17/h4-7,11H,8-9H2,1-3H3,(H,19,20)/t16-/m0/s1. The molecule has 1 aromatic rings. The second-order valence-corrected chi connectivity index (χ2v) is 5.85. The maximum atomic E-state index is 11.8. The van der Waals surface area contributed by atoms with Crippen LogP contribution >= 0.6 is 11.6 Å². The average Bonchev–Trinajstić information content (AvgIpc) is 2.47. The summed E-state index contributed by atoms with van der Waals surface area (Å²) < 4.78 is 4.91. The summed E-state index contributed by atoms with van der Waals surface area (Å²) in [6.07, 6.45) is -0.00729. The molecule has 0 aromatic heterocycles. The zero-order valence-corrected chi connectivity index (χ0v) is 13.6. The molecule has 0 radical (unpaired) electrons. The molecule has 0 spiro atoms. The third-order valence-electron chi connectivity index (χ3n) is 3.44. The highest BCUT2D eigenvalue weighted by molar-refractivity contribution is 6.31. The summed E-state index contributed by atoms with van der Waals surface area (Å²) in [4.78, 5) is 23.5. The average molecular weight is 323 g/mol. The van der Waals surface area contributed by atoms with E-state index in [1.807, 2.05) is 13.8 Å². The number of carbonyl (C=O) groups is 2. The van der Waals surface area contributed by atoms with E-state index >= 15 is 0 Å². The minimum Gasteiger partial charge on any atom is -0.455 e. The van der Waals surface area contributed by atoms with E-state index in [-0.39, 0.29) is 12.3 Å². The van der Waals surface area contributed by atoms with Gasteiger partial charge in [-0.25, -0.2) is 0 Å². The Morgan fingerprint density at radius 3 is 2.59 bits per heavy atom. The molecule has 0 aliphatic rings. The number of nitriles is 1. The highest BCUT2D eigenvalue weighted by Crippen LogP contribution is 2.16. The number of amides is 1. The summed E-state index contributed by atoms with van der Waals surface area (Å²) in [5.41, 5.74) is -0.356. The predicted molar refractivity (Wildman–Crippen MR) is 83.1 cm³/mol. The predicted octanol–water partition coefficient (Wildman–Crippen LogP) is 2.48. The van der Waals surface area contributed by atoms with Gasteiger partial charge in [0.15, 0.2) is 6.61 Å². The Morgan fingerprint density at radius 1 is 1.41 bits per heavy atom. The number of nitrogens with zero attached hydrogens (tertiary/aromatic N) is 1. The Hall–Kier alpha value is -2.06. The highest BCUT2D eigenvalue weighted by Gasteiger charge is 2.30. The molecule has 0 aliphatic heterocycles. The molecule has 1 amide bonds. The second-order valence-electron chi connectivity index (χ2n) is 5.45. The SMILES string of the molecule is CC(C)[C@](C)(C#N)NC(=O)COC(=O)Cc1ccccc1Cl. The van der Waals surface area contributed by atoms with E-state index in [2.05, 4.69) is 11.4 Å². The first-order valence-corrected chi connectivity index (χ1v) is 7.27. The maximum Gasteiger partial charge on any atom is 0.310 e. The molecule has 0 bridgehead atoms. The van der Waals surface area contributed by atoms with E-state index in [9.17, 15) is 9.59 Å². The van der Waals surface area contributed by atoms with E-state index in [1.54, 1.807) is 31.2 Å². The fraction of sp³-hybridized carbons (Fsp3) is 0.438. The third kappa shape index (κ3) is 5.05. The van der Waals surface area contributed by atoms with Crippen molar-refractivity contribution in [3.05, 3.63) is 34.9 Å². The molecule has 6 heteroatoms. The number of halogens is 1. The molecule has 1 N–H and O–H groups in total. The van der Waals surface area contributed by atoms with Gasteiger partial charge in [0.2, 0.25) is 0 Å². The summed E-state index contributed by atoms with van der Waals surface area (Å²) in [6.45, 7) is 4.86. The van der Waals surface area contributed by atoms with Crippen molar-refractivity contribution in [3.8, 4) is 6.07 Å². The van der Waals surface area contributed by atoms with Crippen molar-refractivity contribution in [2.75, 3.05) is 6.61 Å². The highest BCUT2D eigenvalue weighted by atomic mass is 35.5. The van der Waals surface area contributed by atoms with Crippen LogP contribution in [-0.2, 0) is 20.7 Å². The number of carbonyl (C=O) groups excluding carboxylic acids is 2. The van der Waals surface area contributed by atoms with E-state index in [0.717, 1.165) is 0 Å². The Balaban J connectivity index is 2.50. The normalized spacial score (nSPS) is 13.1. The fourth-order valence-corrected chi connectivity index (χ4v) is 1.82. The van der Waals surface area contributed by atoms with Crippen molar-refractivity contribution in [2.45, 2.75) is 32.7 Å². The quantitative estimate of drug-likeness (QED) is 0.816. The minimum atomic E-state index is -0.994. The molecule has 0 saturated heterocycles. The molecule has 0 fully saturated rings. The molecule has 1 rings (SSSR count). The zero-order chi connectivity index (χ0) is 16.8. The molecular formula is C16H19ClN2O3. The monoisotopic (exact) mass is 322 g/mol. The van der Waals surface area contributed by atoms with Crippen molar-refractivity contribution in [1.29, 1.82) is 5.26 Å². The van der Waals surface area contributed by atoms with Gasteiger partial charge in [-0.15, -0.1) is 0 Å². The van der Waals surface area contributed by atoms with Gasteiger partial charge >= 0.3 is 5.97 Å². The van der Waals surface area contributed by atoms with Crippen LogP contribution in [0.15, 0.2) is 24.3 Å². The van der Waals surface area contributed by atoms with E-state index < -0.39 is 24.0 Å². The Labute approximate surface area is 135 Å². The lowest BCUT2D eigenvalue weighted by molar-refractivity contribution is -0.148. The van der Waals surface area contributed by atoms with Crippen LogP contribution in [0.1, 0.15) is 26.3 Å². The number of rotatable bonds is 6. The van der Waals surface area contributed by atoms with Gasteiger partial charge in [-0.05, 0) is 24.5 Å². The smallest absolute Gasteiger partial charge is 0.310 e. The fourth-order valence-electron chi connectivity index (χ4n) is 1.62. The lowest BCUT2D eigenvalue weighted by Gasteiger charge is -2.27. The molecule has 1 aromatic carbocycles. The molecule has 22 heavy (non-hydrogen) atoms. The largest absolute Gasteiger partial charge is 0.455 e. The van der Waals surface area contributed by atoms with Gasteiger partial charge < -0.3 is 10.1 Å². The van der Waals surface area contributed by atoms with E-state index in [1.165, 1.54) is 0 Å². The maximum absolute atomic E-state index is 11.8. The van der Waals surface area contributed by atoms with Crippen LogP contribution in [0, 0.1) is 17.2 Å². The van der Waals surface area contributed by atoms with Gasteiger partial charge in [0, 0.05) is 5.02 Å². The summed E-state index contributed by atoms with van der Waals surface area (Å²) in [6, 6.07) is 8.98. The van der Waals surface area contributed by atoms with Crippen LogP contribution in [0.5, 0.6) is 0 Å². The number of ether oxygens (including phenoxy) is 1. The lowest BCUT2D eigenvalue weighted by atomic mass is 9.90. The van der Waals surface area contributed by atoms with Crippen molar-refractivity contribution in [2.24, 2.45) is 5.92 Å². The number of benzene rings is 1. The molecule has 1 atom stereocenters. The molecule has 0 unspecified atom stereocenters. The Bertz CT molecular complexity index is 595. The topological polar surface area (TPSA) is 79.2 Å². The summed E-state index contributed by atoms with van der Waals surface area (Å²) >= 11 is 5.95. The van der Waals surface area contributed by atoms with Crippen molar-refractivity contribution in [1.82, 2.24) is 5.32 Å². The third-order valence-corrected chi connectivity index (χ3v) is 3.81.